The Hall–Kier alpha value is -10.6. The third-order valence-electron chi connectivity index (χ3n) is 24.1. The van der Waals surface area contributed by atoms with Crippen molar-refractivity contribution in [2.24, 2.45) is 0 Å². The van der Waals surface area contributed by atoms with Crippen LogP contribution >= 0.6 is 11.8 Å². The van der Waals surface area contributed by atoms with Gasteiger partial charge in [0.15, 0.2) is 18.9 Å². The van der Waals surface area contributed by atoms with E-state index >= 15 is 0 Å². The van der Waals surface area contributed by atoms with E-state index in [9.17, 15) is 5.11 Å². The maximum absolute atomic E-state index is 13.9. The Labute approximate surface area is 795 Å². The Balaban J connectivity index is 0.846. The van der Waals surface area contributed by atoms with Crippen molar-refractivity contribution in [3.05, 3.63) is 461 Å². The van der Waals surface area contributed by atoms with Crippen molar-refractivity contribution >= 4 is 11.8 Å². The first-order chi connectivity index (χ1) is 66.9. The van der Waals surface area contributed by atoms with Crippen LogP contribution < -0.4 is 0 Å². The molecular weight excluding hydrogens is 1720 g/mol. The number of hydrogen-bond donors (Lipinski definition) is 1. The Morgan fingerprint density at radius 1 is 0.185 bits per heavy atom. The van der Waals surface area contributed by atoms with E-state index in [1.54, 1.807) is 0 Å². The van der Waals surface area contributed by atoms with Gasteiger partial charge < -0.3 is 95.1 Å². The van der Waals surface area contributed by atoms with Crippen LogP contribution in [0.25, 0.3) is 0 Å². The number of ether oxygens (including phenoxy) is 19. The van der Waals surface area contributed by atoms with Crippen LogP contribution in [0.1, 0.15) is 66.8 Å². The zero-order chi connectivity index (χ0) is 91.5. The topological polar surface area (TPSA) is 196 Å². The number of benzene rings is 13. The van der Waals surface area contributed by atoms with E-state index in [2.05, 4.69) is 0 Å². The summed E-state index contributed by atoms with van der Waals surface area (Å²) in [4.78, 5) is 0.870. The van der Waals surface area contributed by atoms with Gasteiger partial charge in [0, 0.05) is 4.90 Å². The van der Waals surface area contributed by atoms with Gasteiger partial charge in [-0.15, -0.1) is 0 Å². The standard InChI is InChI=1S/C114H118O20S/c115-99-104(124-74-90-56-30-9-31-57-90)100(120-70-86-48-22-5-23-49-86)95(78-116-66-82-40-14-1-15-41-82)128-111(99)132-108-105(125-75-91-58-32-10-33-59-91)101(121-71-87-50-24-6-25-51-87)96(79-117-67-83-42-16-2-17-43-83)129-112(108)133-109-106(126-76-92-60-34-11-35-61-92)102(122-72-88-52-26-7-27-53-88)97(80-118-68-84-44-18-3-19-45-84)130-113(109)134-110-107(127-77-93-62-36-12-37-63-93)103(123-73-89-54-28-8-29-55-89)98(81-119-69-85-46-20-4-21-47-85)131-114(110)135-94-64-38-13-39-65-94/h1-65,95-115H,66-81H2/t95?,96?,97?,98?,99?,100-,101-,102-,103-,104-,105+,106+,107+,108?,109?,110?,111-,112-,113-,114-/m1/s1. The lowest BCUT2D eigenvalue weighted by molar-refractivity contribution is -0.410. The minimum absolute atomic E-state index is 0.0165. The quantitative estimate of drug-likeness (QED) is 0.0378. The summed E-state index contributed by atoms with van der Waals surface area (Å²) >= 11 is 1.47. The Morgan fingerprint density at radius 3 is 0.630 bits per heavy atom. The van der Waals surface area contributed by atoms with Crippen molar-refractivity contribution in [3.63, 3.8) is 0 Å². The molecule has 21 heteroatoms. The highest BCUT2D eigenvalue weighted by Crippen LogP contribution is 2.44. The first-order valence-corrected chi connectivity index (χ1v) is 47.4. The second-order valence-corrected chi connectivity index (χ2v) is 35.2. The summed E-state index contributed by atoms with van der Waals surface area (Å²) < 4.78 is 142. The number of thioether (sulfide) groups is 1. The first kappa shape index (κ1) is 96.1. The summed E-state index contributed by atoms with van der Waals surface area (Å²) in [6, 6.07) is 130. The van der Waals surface area contributed by atoms with E-state index in [-0.39, 0.29) is 106 Å². The molecule has 20 atom stereocenters. The number of hydrogen-bond acceptors (Lipinski definition) is 21. The van der Waals surface area contributed by atoms with Gasteiger partial charge in [0.1, 0.15) is 103 Å². The minimum atomic E-state index is -1.63. The van der Waals surface area contributed by atoms with E-state index in [1.165, 1.54) is 11.8 Å². The van der Waals surface area contributed by atoms with E-state index in [1.807, 2.05) is 394 Å². The summed E-state index contributed by atoms with van der Waals surface area (Å²) in [5, 5.41) is 13.9. The molecule has 4 saturated heterocycles. The smallest absolute Gasteiger partial charge is 0.187 e. The van der Waals surface area contributed by atoms with Crippen LogP contribution in [0.15, 0.2) is 399 Å². The average molecular weight is 1840 g/mol. The lowest BCUT2D eigenvalue weighted by Crippen LogP contribution is -2.69. The molecule has 20 nitrogen and oxygen atoms in total. The van der Waals surface area contributed by atoms with Crippen molar-refractivity contribution in [1.82, 2.24) is 0 Å². The van der Waals surface area contributed by atoms with Gasteiger partial charge in [-0.1, -0.05) is 394 Å². The van der Waals surface area contributed by atoms with Gasteiger partial charge in [-0.3, -0.25) is 0 Å². The van der Waals surface area contributed by atoms with E-state index in [0.717, 1.165) is 71.7 Å². The van der Waals surface area contributed by atoms with Crippen molar-refractivity contribution in [3.8, 4) is 0 Å². The van der Waals surface area contributed by atoms with Gasteiger partial charge >= 0.3 is 0 Å². The maximum atomic E-state index is 13.9. The molecule has 0 radical (unpaired) electrons. The van der Waals surface area contributed by atoms with Gasteiger partial charge in [-0.05, 0) is 78.9 Å². The molecule has 0 spiro atoms. The van der Waals surface area contributed by atoms with Gasteiger partial charge in [-0.25, -0.2) is 0 Å². The van der Waals surface area contributed by atoms with E-state index < -0.39 is 122 Å². The molecule has 0 bridgehead atoms. The fourth-order valence-corrected chi connectivity index (χ4v) is 18.3. The van der Waals surface area contributed by atoms with Crippen LogP contribution in [0, 0.1) is 0 Å². The second-order valence-electron chi connectivity index (χ2n) is 34.0. The molecule has 1 N–H and O–H groups in total. The Bertz CT molecular complexity index is 5430. The second kappa shape index (κ2) is 51.5. The molecule has 17 rings (SSSR count). The Kier molecular flexibility index (Phi) is 36.7. The molecule has 0 aromatic heterocycles. The van der Waals surface area contributed by atoms with Crippen LogP contribution in [0.2, 0.25) is 0 Å². The van der Waals surface area contributed by atoms with Crippen LogP contribution in [0.4, 0.5) is 0 Å². The highest BCUT2D eigenvalue weighted by Gasteiger charge is 2.60. The van der Waals surface area contributed by atoms with Crippen molar-refractivity contribution in [2.45, 2.75) is 206 Å². The molecule has 0 aliphatic carbocycles. The molecule has 4 heterocycles. The number of aliphatic hydroxyl groups is 1. The molecule has 0 saturated carbocycles. The van der Waals surface area contributed by atoms with E-state index in [4.69, 9.17) is 90.0 Å². The fourth-order valence-electron chi connectivity index (χ4n) is 17.2. The highest BCUT2D eigenvalue weighted by atomic mass is 32.2. The minimum Gasteiger partial charge on any atom is -0.385 e. The van der Waals surface area contributed by atoms with E-state index in [0.29, 0.717) is 0 Å². The van der Waals surface area contributed by atoms with Crippen molar-refractivity contribution in [1.29, 1.82) is 0 Å². The lowest BCUT2D eigenvalue weighted by Gasteiger charge is -2.52. The molecule has 4 aliphatic rings. The molecule has 8 unspecified atom stereocenters. The summed E-state index contributed by atoms with van der Waals surface area (Å²) in [6.45, 7) is 1.47. The molecule has 13 aromatic rings. The number of aliphatic hydroxyl groups excluding tert-OH is 1. The van der Waals surface area contributed by atoms with Crippen LogP contribution in [0.3, 0.4) is 0 Å². The molecule has 0 amide bonds. The van der Waals surface area contributed by atoms with Gasteiger partial charge in [-0.2, -0.15) is 0 Å². The molecule has 4 fully saturated rings. The molecular formula is C114H118O20S. The first-order valence-electron chi connectivity index (χ1n) is 46.6. The average Bonchev–Trinajstić information content (AvgIpc) is 0.753. The predicted octanol–water partition coefficient (Wildman–Crippen LogP) is 19.7. The predicted molar refractivity (Wildman–Crippen MR) is 512 cm³/mol. The zero-order valence-corrected chi connectivity index (χ0v) is 76.3. The highest BCUT2D eigenvalue weighted by molar-refractivity contribution is 7.99. The SMILES string of the molecule is OC1[C@@H](OC2[C@@H](OC3[C@@H](OC4[C@@H](Sc5ccccc5)OC(COCc5ccccc5)[C@@H](OCc5ccccc5)[C@@H]4OCc4ccccc4)OC(COCc4ccccc4)[C@@H](OCc4ccccc4)[C@@H]3OCc3ccccc3)OC(COCc3ccccc3)[C@@H](OCc3ccccc3)[C@@H]2OCc2ccccc2)OC(COCc2ccccc2)[C@@H](OCc2ccccc2)[C@@H]1OCc1ccccc1. The van der Waals surface area contributed by atoms with Crippen molar-refractivity contribution < 1.29 is 95.1 Å². The summed E-state index contributed by atoms with van der Waals surface area (Å²) in [5.41, 5.74) is 9.80. The van der Waals surface area contributed by atoms with Gasteiger partial charge in [0.05, 0.1) is 106 Å². The fraction of sp³-hybridized carbons (Fsp3) is 0.316. The normalized spacial score (nSPS) is 25.2. The lowest BCUT2D eigenvalue weighted by atomic mass is 9.95. The maximum Gasteiger partial charge on any atom is 0.187 e. The van der Waals surface area contributed by atoms with Crippen molar-refractivity contribution in [2.75, 3.05) is 26.4 Å². The molecule has 135 heavy (non-hydrogen) atoms. The largest absolute Gasteiger partial charge is 0.385 e. The number of rotatable bonds is 48. The van der Waals surface area contributed by atoms with Gasteiger partial charge in [0.2, 0.25) is 0 Å². The molecule has 700 valence electrons. The van der Waals surface area contributed by atoms with Gasteiger partial charge in [0.25, 0.3) is 0 Å². The summed E-state index contributed by atoms with van der Waals surface area (Å²) in [5.74, 6) is 0. The monoisotopic (exact) mass is 1840 g/mol. The Morgan fingerprint density at radius 2 is 0.370 bits per heavy atom. The molecule has 13 aromatic carbocycles. The summed E-state index contributed by atoms with van der Waals surface area (Å²) in [7, 11) is 0. The van der Waals surface area contributed by atoms with Crippen LogP contribution in [0.5, 0.6) is 0 Å². The third kappa shape index (κ3) is 28.3. The zero-order valence-electron chi connectivity index (χ0n) is 75.5. The third-order valence-corrected chi connectivity index (χ3v) is 25.3. The van der Waals surface area contributed by atoms with Crippen LogP contribution in [-0.4, -0.2) is 154 Å². The van der Waals surface area contributed by atoms with Crippen LogP contribution in [-0.2, 0) is 169 Å². The molecule has 4 aliphatic heterocycles. The summed E-state index contributed by atoms with van der Waals surface area (Å²) in [6.07, 6.45) is -22.9.